The van der Waals surface area contributed by atoms with E-state index >= 15 is 0 Å². The van der Waals surface area contributed by atoms with Crippen molar-refractivity contribution in [2.45, 2.75) is 38.8 Å². The summed E-state index contributed by atoms with van der Waals surface area (Å²) < 4.78 is 6.19. The molecule has 0 spiro atoms. The SMILES string of the molecule is COc1ccc2nc(NC(=O)CN3C(=S)NC(C)(C)CC3C)sc2c1. The van der Waals surface area contributed by atoms with E-state index in [-0.39, 0.29) is 24.0 Å². The Kier molecular flexibility index (Phi) is 4.83. The van der Waals surface area contributed by atoms with Gasteiger partial charge in [-0.2, -0.15) is 0 Å². The van der Waals surface area contributed by atoms with Gasteiger partial charge in [0.15, 0.2) is 10.2 Å². The van der Waals surface area contributed by atoms with Gasteiger partial charge < -0.3 is 20.3 Å². The van der Waals surface area contributed by atoms with Crippen LogP contribution in [0.2, 0.25) is 0 Å². The summed E-state index contributed by atoms with van der Waals surface area (Å²) in [4.78, 5) is 18.8. The zero-order valence-electron chi connectivity index (χ0n) is 14.8. The molecule has 1 fully saturated rings. The molecule has 6 nitrogen and oxygen atoms in total. The van der Waals surface area contributed by atoms with E-state index in [0.29, 0.717) is 10.2 Å². The molecule has 2 aromatic rings. The number of carbonyl (C=O) groups excluding carboxylic acids is 1. The van der Waals surface area contributed by atoms with Crippen LogP contribution in [0.1, 0.15) is 27.2 Å². The summed E-state index contributed by atoms with van der Waals surface area (Å²) in [5.41, 5.74) is 0.793. The molecule has 2 N–H and O–H groups in total. The highest BCUT2D eigenvalue weighted by Gasteiger charge is 2.33. The zero-order chi connectivity index (χ0) is 18.2. The lowest BCUT2D eigenvalue weighted by Crippen LogP contribution is -2.61. The summed E-state index contributed by atoms with van der Waals surface area (Å²) in [7, 11) is 1.63. The molecule has 0 bridgehead atoms. The Morgan fingerprint density at radius 1 is 1.56 bits per heavy atom. The van der Waals surface area contributed by atoms with E-state index in [0.717, 1.165) is 22.4 Å². The van der Waals surface area contributed by atoms with Crippen molar-refractivity contribution in [2.24, 2.45) is 0 Å². The van der Waals surface area contributed by atoms with Crippen molar-refractivity contribution in [3.63, 3.8) is 0 Å². The first-order chi connectivity index (χ1) is 11.8. The lowest BCUT2D eigenvalue weighted by molar-refractivity contribution is -0.117. The van der Waals surface area contributed by atoms with E-state index in [2.05, 4.69) is 36.4 Å². The number of methoxy groups -OCH3 is 1. The highest BCUT2D eigenvalue weighted by Crippen LogP contribution is 2.29. The lowest BCUT2D eigenvalue weighted by Gasteiger charge is -2.44. The van der Waals surface area contributed by atoms with E-state index in [9.17, 15) is 4.79 Å². The van der Waals surface area contributed by atoms with Crippen molar-refractivity contribution >= 4 is 49.9 Å². The average Bonchev–Trinajstić information content (AvgIpc) is 2.91. The predicted molar refractivity (Wildman–Crippen MR) is 105 cm³/mol. The van der Waals surface area contributed by atoms with E-state index in [1.807, 2.05) is 23.1 Å². The molecule has 1 amide bonds. The molecule has 1 aliphatic rings. The van der Waals surface area contributed by atoms with Crippen molar-refractivity contribution < 1.29 is 9.53 Å². The maximum absolute atomic E-state index is 12.4. The van der Waals surface area contributed by atoms with Gasteiger partial charge in [-0.3, -0.25) is 4.79 Å². The van der Waals surface area contributed by atoms with Gasteiger partial charge in [0, 0.05) is 11.6 Å². The number of ether oxygens (including phenoxy) is 1. The number of anilines is 1. The Morgan fingerprint density at radius 3 is 3.00 bits per heavy atom. The number of rotatable bonds is 4. The molecule has 134 valence electrons. The number of nitrogens with one attached hydrogen (secondary N) is 2. The second-order valence-corrected chi connectivity index (χ2v) is 8.31. The second kappa shape index (κ2) is 6.76. The van der Waals surface area contributed by atoms with E-state index < -0.39 is 0 Å². The van der Waals surface area contributed by atoms with Crippen molar-refractivity contribution in [2.75, 3.05) is 19.0 Å². The van der Waals surface area contributed by atoms with Gasteiger partial charge in [0.05, 0.1) is 23.9 Å². The molecule has 1 unspecified atom stereocenters. The molecule has 1 atom stereocenters. The minimum atomic E-state index is -0.123. The maximum Gasteiger partial charge on any atom is 0.245 e. The number of aromatic nitrogens is 1. The summed E-state index contributed by atoms with van der Waals surface area (Å²) in [6.45, 7) is 6.53. The third kappa shape index (κ3) is 4.01. The molecule has 25 heavy (non-hydrogen) atoms. The molecular formula is C17H22N4O2S2. The minimum Gasteiger partial charge on any atom is -0.497 e. The number of fused-ring (bicyclic) bond motifs is 1. The number of carbonyl (C=O) groups is 1. The zero-order valence-corrected chi connectivity index (χ0v) is 16.4. The van der Waals surface area contributed by atoms with Crippen LogP contribution in [0.3, 0.4) is 0 Å². The van der Waals surface area contributed by atoms with Gasteiger partial charge in [-0.25, -0.2) is 4.98 Å². The van der Waals surface area contributed by atoms with Crippen molar-refractivity contribution in [3.8, 4) is 5.75 Å². The minimum absolute atomic E-state index is 0.0461. The monoisotopic (exact) mass is 378 g/mol. The van der Waals surface area contributed by atoms with Crippen molar-refractivity contribution in [1.82, 2.24) is 15.2 Å². The quantitative estimate of drug-likeness (QED) is 0.798. The lowest BCUT2D eigenvalue weighted by atomic mass is 9.93. The van der Waals surface area contributed by atoms with Crippen molar-refractivity contribution in [1.29, 1.82) is 0 Å². The molecule has 0 aliphatic carbocycles. The molecule has 1 saturated heterocycles. The highest BCUT2D eigenvalue weighted by molar-refractivity contribution is 7.80. The maximum atomic E-state index is 12.4. The smallest absolute Gasteiger partial charge is 0.245 e. The highest BCUT2D eigenvalue weighted by atomic mass is 32.1. The number of nitrogens with zero attached hydrogens (tertiary/aromatic N) is 2. The molecule has 1 aromatic heterocycles. The van der Waals surface area contributed by atoms with E-state index in [1.165, 1.54) is 11.3 Å². The van der Waals surface area contributed by atoms with Crippen LogP contribution in [0.15, 0.2) is 18.2 Å². The first-order valence-corrected chi connectivity index (χ1v) is 9.33. The largest absolute Gasteiger partial charge is 0.497 e. The normalized spacial score (nSPS) is 19.6. The number of hydrogen-bond donors (Lipinski definition) is 2. The van der Waals surface area contributed by atoms with E-state index in [4.69, 9.17) is 17.0 Å². The van der Waals surface area contributed by atoms with Crippen molar-refractivity contribution in [3.05, 3.63) is 18.2 Å². The second-order valence-electron chi connectivity index (χ2n) is 6.90. The van der Waals surface area contributed by atoms with Gasteiger partial charge in [-0.05, 0) is 57.6 Å². The summed E-state index contributed by atoms with van der Waals surface area (Å²) in [5, 5.41) is 7.37. The van der Waals surface area contributed by atoms with Crippen LogP contribution in [0.4, 0.5) is 5.13 Å². The van der Waals surface area contributed by atoms with Gasteiger partial charge in [0.25, 0.3) is 0 Å². The Bertz CT molecular complexity index is 818. The number of amides is 1. The van der Waals surface area contributed by atoms with Crippen LogP contribution in [0, 0.1) is 0 Å². The summed E-state index contributed by atoms with van der Waals surface area (Å²) >= 11 is 6.85. The fourth-order valence-corrected chi connectivity index (χ4v) is 4.52. The Balaban J connectivity index is 1.67. The topological polar surface area (TPSA) is 66.5 Å². The predicted octanol–water partition coefficient (Wildman–Crippen LogP) is 2.99. The summed E-state index contributed by atoms with van der Waals surface area (Å²) in [6, 6.07) is 5.86. The molecule has 3 rings (SSSR count). The van der Waals surface area contributed by atoms with Crippen LogP contribution in [0.5, 0.6) is 5.75 Å². The van der Waals surface area contributed by atoms with Crippen LogP contribution in [0.25, 0.3) is 10.2 Å². The van der Waals surface area contributed by atoms with Gasteiger partial charge in [0.2, 0.25) is 5.91 Å². The van der Waals surface area contributed by atoms with Gasteiger partial charge in [-0.15, -0.1) is 0 Å². The van der Waals surface area contributed by atoms with Gasteiger partial charge in [-0.1, -0.05) is 11.3 Å². The fraction of sp³-hybridized carbons (Fsp3) is 0.471. The summed E-state index contributed by atoms with van der Waals surface area (Å²) in [6.07, 6.45) is 0.918. The Morgan fingerprint density at radius 2 is 2.32 bits per heavy atom. The molecule has 1 aromatic carbocycles. The molecule has 2 heterocycles. The summed E-state index contributed by atoms with van der Waals surface area (Å²) in [5.74, 6) is 0.650. The Labute approximate surface area is 156 Å². The number of thiazole rings is 1. The number of hydrogen-bond acceptors (Lipinski definition) is 5. The average molecular weight is 379 g/mol. The number of benzene rings is 1. The first kappa shape index (κ1) is 17.9. The molecule has 8 heteroatoms. The van der Waals surface area contributed by atoms with E-state index in [1.54, 1.807) is 7.11 Å². The molecule has 0 radical (unpaired) electrons. The molecule has 1 aliphatic heterocycles. The molecule has 0 saturated carbocycles. The third-order valence-corrected chi connectivity index (χ3v) is 5.47. The van der Waals surface area contributed by atoms with Crippen LogP contribution < -0.4 is 15.4 Å². The van der Waals surface area contributed by atoms with Gasteiger partial charge in [0.1, 0.15) is 5.75 Å². The first-order valence-electron chi connectivity index (χ1n) is 8.10. The third-order valence-electron chi connectivity index (χ3n) is 4.20. The van der Waals surface area contributed by atoms with Gasteiger partial charge >= 0.3 is 0 Å². The Hall–Kier alpha value is -1.93. The number of thiocarbonyl (C=S) groups is 1. The standard InChI is InChI=1S/C17H22N4O2S2/c1-10-8-17(2,3)20-16(24)21(10)9-14(22)19-15-18-12-6-5-11(23-4)7-13(12)25-15/h5-7,10H,8-9H2,1-4H3,(H,20,24)(H,18,19,22). The van der Waals surface area contributed by atoms with Crippen LogP contribution in [-0.4, -0.2) is 46.1 Å². The van der Waals surface area contributed by atoms with Crippen LogP contribution in [-0.2, 0) is 4.79 Å². The molecular weight excluding hydrogens is 356 g/mol. The van der Waals surface area contributed by atoms with Crippen LogP contribution >= 0.6 is 23.6 Å². The fourth-order valence-electron chi connectivity index (χ4n) is 3.09.